The van der Waals surface area contributed by atoms with E-state index < -0.39 is 11.9 Å². The first-order valence-corrected chi connectivity index (χ1v) is 11.3. The molecule has 4 rings (SSSR count). The summed E-state index contributed by atoms with van der Waals surface area (Å²) < 4.78 is 34.8. The fourth-order valence-electron chi connectivity index (χ4n) is 4.04. The second-order valence-electron chi connectivity index (χ2n) is 8.33. The molecule has 0 aliphatic carbocycles. The Morgan fingerprint density at radius 1 is 1.11 bits per heavy atom. The largest absolute Gasteiger partial charge is 0.486 e. The van der Waals surface area contributed by atoms with Crippen molar-refractivity contribution in [3.05, 3.63) is 89.1 Å². The van der Waals surface area contributed by atoms with Gasteiger partial charge in [0.2, 0.25) is 0 Å². The van der Waals surface area contributed by atoms with E-state index in [1.807, 2.05) is 19.0 Å². The molecule has 0 unspecified atom stereocenters. The van der Waals surface area contributed by atoms with Crippen LogP contribution in [0.1, 0.15) is 34.0 Å². The van der Waals surface area contributed by atoms with E-state index in [9.17, 15) is 9.18 Å². The van der Waals surface area contributed by atoms with Crippen molar-refractivity contribution in [1.82, 2.24) is 15.2 Å². The highest BCUT2D eigenvalue weighted by molar-refractivity contribution is 7.59. The van der Waals surface area contributed by atoms with Crippen LogP contribution in [0.2, 0.25) is 0 Å². The third-order valence-electron chi connectivity index (χ3n) is 5.91. The lowest BCUT2D eigenvalue weighted by molar-refractivity contribution is 0.0753. The Labute approximate surface area is 211 Å². The van der Waals surface area contributed by atoms with E-state index in [0.717, 1.165) is 0 Å². The van der Waals surface area contributed by atoms with Gasteiger partial charge in [0, 0.05) is 50.9 Å². The van der Waals surface area contributed by atoms with Gasteiger partial charge in [-0.3, -0.25) is 4.79 Å². The molecule has 1 aliphatic heterocycles. The average molecular weight is 501 g/mol. The molecule has 2 aromatic carbocycles. The molecule has 0 bridgehead atoms. The lowest BCUT2D eigenvalue weighted by atomic mass is 10.1. The van der Waals surface area contributed by atoms with Gasteiger partial charge in [0.1, 0.15) is 29.3 Å². The number of hydrogen-bond donors (Lipinski definition) is 1. The molecule has 0 saturated heterocycles. The summed E-state index contributed by atoms with van der Waals surface area (Å²) in [5.41, 5.74) is 1.59. The number of nitrogens with zero attached hydrogens (tertiary/aromatic N) is 3. The van der Waals surface area contributed by atoms with Crippen LogP contribution in [0, 0.1) is 11.6 Å². The second kappa shape index (κ2) is 12.0. The predicted octanol–water partition coefficient (Wildman–Crippen LogP) is 4.29. The molecule has 1 aromatic heterocycles. The van der Waals surface area contributed by atoms with Crippen molar-refractivity contribution < 1.29 is 18.3 Å². The molecule has 3 aromatic rings. The normalized spacial score (nSPS) is 14.1. The number of aromatic nitrogens is 1. The molecule has 1 amide bonds. The van der Waals surface area contributed by atoms with Crippen LogP contribution in [0.15, 0.2) is 60.8 Å². The number of amides is 1. The summed E-state index contributed by atoms with van der Waals surface area (Å²) in [5.74, 6) is 0.000202. The number of ether oxygens (including phenoxy) is 1. The zero-order chi connectivity index (χ0) is 24.1. The molecule has 0 fully saturated rings. The Hall–Kier alpha value is -3.17. The van der Waals surface area contributed by atoms with Crippen LogP contribution in [0.4, 0.5) is 14.6 Å². The Bertz CT molecular complexity index is 1160. The number of likely N-dealkylation sites (N-methyl/N-ethyl adjacent to an activating group) is 1. The number of anilines is 1. The zero-order valence-electron chi connectivity index (χ0n) is 19.8. The molecule has 6 nitrogen and oxygen atoms in total. The Morgan fingerprint density at radius 2 is 1.94 bits per heavy atom. The smallest absolute Gasteiger partial charge is 0.257 e. The minimum atomic E-state index is -0.457. The van der Waals surface area contributed by atoms with Gasteiger partial charge in [-0.05, 0) is 49.5 Å². The Kier molecular flexibility index (Phi) is 9.06. The number of rotatable bonds is 8. The minimum absolute atomic E-state index is 0. The molecular formula is C26H30F2N4O2S. The molecule has 1 aliphatic rings. The van der Waals surface area contributed by atoms with E-state index in [4.69, 9.17) is 4.74 Å². The van der Waals surface area contributed by atoms with Gasteiger partial charge in [-0.1, -0.05) is 18.2 Å². The number of carbonyl (C=O) groups is 1. The van der Waals surface area contributed by atoms with Crippen molar-refractivity contribution in [1.29, 1.82) is 0 Å². The van der Waals surface area contributed by atoms with Gasteiger partial charge in [-0.15, -0.1) is 0 Å². The monoisotopic (exact) mass is 500 g/mol. The molecule has 1 N–H and O–H groups in total. The highest BCUT2D eigenvalue weighted by atomic mass is 32.1. The number of halogens is 2. The first-order chi connectivity index (χ1) is 16.5. The molecule has 2 heterocycles. The first kappa shape index (κ1) is 26.4. The number of nitrogens with one attached hydrogen (secondary N) is 1. The van der Waals surface area contributed by atoms with Crippen molar-refractivity contribution in [2.75, 3.05) is 38.6 Å². The van der Waals surface area contributed by atoms with E-state index in [-0.39, 0.29) is 31.8 Å². The molecule has 35 heavy (non-hydrogen) atoms. The first-order valence-electron chi connectivity index (χ1n) is 11.3. The van der Waals surface area contributed by atoms with Crippen LogP contribution in [-0.4, -0.2) is 49.5 Å². The minimum Gasteiger partial charge on any atom is -0.486 e. The summed E-state index contributed by atoms with van der Waals surface area (Å²) in [6.45, 7) is 1.85. The van der Waals surface area contributed by atoms with E-state index in [1.54, 1.807) is 47.5 Å². The fraction of sp³-hybridized carbons (Fsp3) is 0.308. The summed E-state index contributed by atoms with van der Waals surface area (Å²) in [4.78, 5) is 21.0. The van der Waals surface area contributed by atoms with Gasteiger partial charge in [-0.2, -0.15) is 13.5 Å². The van der Waals surface area contributed by atoms with E-state index in [0.29, 0.717) is 54.3 Å². The summed E-state index contributed by atoms with van der Waals surface area (Å²) in [7, 11) is 3.71. The number of carbonyl (C=O) groups excluding carboxylic acids is 1. The van der Waals surface area contributed by atoms with Gasteiger partial charge < -0.3 is 19.9 Å². The van der Waals surface area contributed by atoms with Gasteiger partial charge in [0.25, 0.3) is 5.91 Å². The Morgan fingerprint density at radius 3 is 2.69 bits per heavy atom. The highest BCUT2D eigenvalue weighted by Gasteiger charge is 2.26. The van der Waals surface area contributed by atoms with Crippen molar-refractivity contribution >= 4 is 25.2 Å². The summed E-state index contributed by atoms with van der Waals surface area (Å²) >= 11 is 0. The maximum Gasteiger partial charge on any atom is 0.257 e. The van der Waals surface area contributed by atoms with Crippen molar-refractivity contribution in [3.63, 3.8) is 0 Å². The van der Waals surface area contributed by atoms with Crippen LogP contribution < -0.4 is 15.0 Å². The predicted molar refractivity (Wildman–Crippen MR) is 137 cm³/mol. The van der Waals surface area contributed by atoms with E-state index >= 15 is 4.39 Å². The van der Waals surface area contributed by atoms with Crippen molar-refractivity contribution in [2.24, 2.45) is 0 Å². The van der Waals surface area contributed by atoms with Gasteiger partial charge in [-0.25, -0.2) is 13.8 Å². The van der Waals surface area contributed by atoms with Crippen LogP contribution in [0.3, 0.4) is 0 Å². The average Bonchev–Trinajstić information content (AvgIpc) is 2.95. The molecule has 186 valence electrons. The molecule has 0 saturated carbocycles. The van der Waals surface area contributed by atoms with Crippen LogP contribution in [0.25, 0.3) is 0 Å². The lowest BCUT2D eigenvalue weighted by Gasteiger charge is -2.22. The van der Waals surface area contributed by atoms with Crippen molar-refractivity contribution in [2.45, 2.75) is 19.1 Å². The van der Waals surface area contributed by atoms with Crippen LogP contribution in [-0.2, 0) is 6.54 Å². The van der Waals surface area contributed by atoms with Gasteiger partial charge >= 0.3 is 0 Å². The number of pyridine rings is 1. The Balaban J connectivity index is 0.00000342. The maximum atomic E-state index is 15.1. The number of benzene rings is 2. The van der Waals surface area contributed by atoms with Gasteiger partial charge in [0.15, 0.2) is 0 Å². The van der Waals surface area contributed by atoms with Crippen LogP contribution in [0.5, 0.6) is 5.75 Å². The fourth-order valence-corrected chi connectivity index (χ4v) is 4.04. The maximum absolute atomic E-state index is 15.1. The number of fused-ring (bicyclic) bond motifs is 1. The molecule has 1 atom stereocenters. The standard InChI is InChI=1S/C26H28F2N4O2.H2S/c1-29-12-10-24(18-5-3-6-20(27)15-18)34-21-9-8-19(23(28)16-21)17-32-14-13-31(2)25-22(26(32)33)7-4-11-30-25;/h3-9,11,15-16,24,29H,10,12-14,17H2,1-2H3;1H2/t24-;/m0./s1. The summed E-state index contributed by atoms with van der Waals surface area (Å²) in [5, 5.41) is 3.06. The molecule has 0 spiro atoms. The number of hydrogen-bond acceptors (Lipinski definition) is 5. The molecular weight excluding hydrogens is 470 g/mol. The van der Waals surface area contributed by atoms with Crippen LogP contribution >= 0.6 is 13.5 Å². The van der Waals surface area contributed by atoms with Crippen molar-refractivity contribution in [3.8, 4) is 5.75 Å². The SMILES string of the molecule is CNCC[C@H](Oc1ccc(CN2CCN(C)c3ncccc3C2=O)c(F)c1)c1cccc(F)c1.S. The highest BCUT2D eigenvalue weighted by Crippen LogP contribution is 2.28. The van der Waals surface area contributed by atoms with E-state index in [1.165, 1.54) is 18.2 Å². The third-order valence-corrected chi connectivity index (χ3v) is 5.91. The quantitative estimate of drug-likeness (QED) is 0.500. The van der Waals surface area contributed by atoms with Gasteiger partial charge in [0.05, 0.1) is 5.56 Å². The molecule has 9 heteroatoms. The summed E-state index contributed by atoms with van der Waals surface area (Å²) in [6, 6.07) is 14.4. The molecule has 0 radical (unpaired) electrons. The third kappa shape index (κ3) is 6.29. The summed E-state index contributed by atoms with van der Waals surface area (Å²) in [6.07, 6.45) is 1.82. The zero-order valence-corrected chi connectivity index (χ0v) is 20.8. The van der Waals surface area contributed by atoms with E-state index in [2.05, 4.69) is 10.3 Å². The second-order valence-corrected chi connectivity index (χ2v) is 8.33. The topological polar surface area (TPSA) is 57.7 Å². The lowest BCUT2D eigenvalue weighted by Crippen LogP contribution is -2.33.